The van der Waals surface area contributed by atoms with Crippen LogP contribution in [0.5, 0.6) is 0 Å². The van der Waals surface area contributed by atoms with Crippen molar-refractivity contribution in [2.45, 2.75) is 19.3 Å². The molecule has 0 saturated heterocycles. The first kappa shape index (κ1) is 38.0. The van der Waals surface area contributed by atoms with Gasteiger partial charge in [0.1, 0.15) is 0 Å². The van der Waals surface area contributed by atoms with E-state index in [-0.39, 0.29) is 5.41 Å². The van der Waals surface area contributed by atoms with Crippen LogP contribution in [0.4, 0.5) is 0 Å². The molecule has 0 saturated carbocycles. The maximum Gasteiger partial charge on any atom is 0.164 e. The predicted octanol–water partition coefficient (Wildman–Crippen LogP) is 15.5. The lowest BCUT2D eigenvalue weighted by Crippen LogP contribution is -2.17. The fourth-order valence-electron chi connectivity index (χ4n) is 9.62. The van der Waals surface area contributed by atoms with Crippen LogP contribution in [0.2, 0.25) is 0 Å². The van der Waals surface area contributed by atoms with E-state index in [4.69, 9.17) is 15.0 Å². The largest absolute Gasteiger partial charge is 0.208 e. The Labute approximate surface area is 369 Å². The van der Waals surface area contributed by atoms with Gasteiger partial charge in [0.25, 0.3) is 0 Å². The standard InChI is InChI=1S/C60H43N3/c1-60(2)50-37-19-18-36-49(50)55-53(42-26-12-5-13-27-42)51(40-22-8-3-9-23-40)52(41-24-10-4-11-25-41)54(56(55)60)47-34-20-32-45(38-47)46-33-21-35-48(39-46)59-62-57(43-28-14-6-15-29-43)61-58(63-59)44-30-16-7-17-31-44/h3-39H,1-2H3. The van der Waals surface area contributed by atoms with Gasteiger partial charge in [-0.05, 0) is 90.0 Å². The van der Waals surface area contributed by atoms with Gasteiger partial charge in [0.2, 0.25) is 0 Å². The first-order valence-electron chi connectivity index (χ1n) is 21.6. The Morgan fingerprint density at radius 2 is 0.603 bits per heavy atom. The molecule has 298 valence electrons. The van der Waals surface area contributed by atoms with E-state index in [1.807, 2.05) is 60.7 Å². The van der Waals surface area contributed by atoms with Crippen LogP contribution >= 0.6 is 0 Å². The second-order valence-corrected chi connectivity index (χ2v) is 16.7. The van der Waals surface area contributed by atoms with Crippen LogP contribution < -0.4 is 0 Å². The summed E-state index contributed by atoms with van der Waals surface area (Å²) in [5.74, 6) is 1.92. The average Bonchev–Trinajstić information content (AvgIpc) is 3.60. The zero-order chi connectivity index (χ0) is 42.3. The van der Waals surface area contributed by atoms with Crippen LogP contribution in [-0.4, -0.2) is 15.0 Å². The zero-order valence-electron chi connectivity index (χ0n) is 35.2. The Kier molecular flexibility index (Phi) is 9.51. The quantitative estimate of drug-likeness (QED) is 0.154. The first-order valence-corrected chi connectivity index (χ1v) is 21.6. The Morgan fingerprint density at radius 1 is 0.270 bits per heavy atom. The van der Waals surface area contributed by atoms with Crippen molar-refractivity contribution in [3.05, 3.63) is 236 Å². The van der Waals surface area contributed by atoms with Gasteiger partial charge in [0, 0.05) is 22.1 Å². The summed E-state index contributed by atoms with van der Waals surface area (Å²) in [6, 6.07) is 80.0. The summed E-state index contributed by atoms with van der Waals surface area (Å²) in [6.45, 7) is 4.81. The lowest BCUT2D eigenvalue weighted by molar-refractivity contribution is 0.662. The molecule has 11 rings (SSSR count). The van der Waals surface area contributed by atoms with Crippen molar-refractivity contribution in [1.82, 2.24) is 15.0 Å². The molecule has 0 fully saturated rings. The molecule has 1 heterocycles. The highest BCUT2D eigenvalue weighted by Crippen LogP contribution is 2.61. The monoisotopic (exact) mass is 805 g/mol. The molecule has 9 aromatic carbocycles. The third-order valence-corrected chi connectivity index (χ3v) is 12.5. The van der Waals surface area contributed by atoms with Crippen molar-refractivity contribution >= 4 is 0 Å². The van der Waals surface area contributed by atoms with E-state index in [0.29, 0.717) is 17.5 Å². The van der Waals surface area contributed by atoms with Crippen molar-refractivity contribution in [2.24, 2.45) is 0 Å². The molecular weight excluding hydrogens is 763 g/mol. The lowest BCUT2D eigenvalue weighted by Gasteiger charge is -2.30. The summed E-state index contributed by atoms with van der Waals surface area (Å²) in [7, 11) is 0. The Morgan fingerprint density at radius 3 is 1.10 bits per heavy atom. The molecule has 0 radical (unpaired) electrons. The molecule has 3 nitrogen and oxygen atoms in total. The van der Waals surface area contributed by atoms with Crippen molar-refractivity contribution in [2.75, 3.05) is 0 Å². The number of hydrogen-bond donors (Lipinski definition) is 0. The molecule has 10 aromatic rings. The number of benzene rings is 9. The maximum absolute atomic E-state index is 5.07. The summed E-state index contributed by atoms with van der Waals surface area (Å²) in [5, 5.41) is 0. The van der Waals surface area contributed by atoms with Crippen LogP contribution in [0, 0.1) is 0 Å². The van der Waals surface area contributed by atoms with E-state index in [0.717, 1.165) is 27.8 Å². The third-order valence-electron chi connectivity index (χ3n) is 12.5. The summed E-state index contributed by atoms with van der Waals surface area (Å²) in [5.41, 5.74) is 19.7. The summed E-state index contributed by atoms with van der Waals surface area (Å²) < 4.78 is 0. The van der Waals surface area contributed by atoms with Gasteiger partial charge in [0.15, 0.2) is 17.5 Å². The number of hydrogen-bond acceptors (Lipinski definition) is 3. The van der Waals surface area contributed by atoms with Crippen LogP contribution in [0.1, 0.15) is 25.0 Å². The summed E-state index contributed by atoms with van der Waals surface area (Å²) in [4.78, 5) is 15.1. The van der Waals surface area contributed by atoms with E-state index < -0.39 is 0 Å². The Balaban J connectivity index is 1.16. The highest BCUT2D eigenvalue weighted by molar-refractivity contribution is 6.12. The summed E-state index contributed by atoms with van der Waals surface area (Å²) in [6.07, 6.45) is 0. The molecule has 0 N–H and O–H groups in total. The van der Waals surface area contributed by atoms with Crippen molar-refractivity contribution < 1.29 is 0 Å². The molecule has 3 heteroatoms. The SMILES string of the molecule is CC1(C)c2ccccc2-c2c(-c3ccccc3)c(-c3ccccc3)c(-c3ccccc3)c(-c3cccc(-c4cccc(-c5nc(-c6ccccc6)nc(-c6ccccc6)n5)c4)c3)c21. The molecule has 0 spiro atoms. The summed E-state index contributed by atoms with van der Waals surface area (Å²) >= 11 is 0. The molecule has 1 aliphatic carbocycles. The predicted molar refractivity (Wildman–Crippen MR) is 261 cm³/mol. The number of aromatic nitrogens is 3. The van der Waals surface area contributed by atoms with E-state index in [2.05, 4.69) is 178 Å². The van der Waals surface area contributed by atoms with Crippen LogP contribution in [0.15, 0.2) is 224 Å². The molecule has 0 unspecified atom stereocenters. The van der Waals surface area contributed by atoms with E-state index in [9.17, 15) is 0 Å². The lowest BCUT2D eigenvalue weighted by atomic mass is 9.72. The minimum absolute atomic E-state index is 0.301. The molecule has 0 aliphatic heterocycles. The van der Waals surface area contributed by atoms with Crippen LogP contribution in [0.25, 0.3) is 101 Å². The van der Waals surface area contributed by atoms with E-state index >= 15 is 0 Å². The average molecular weight is 806 g/mol. The van der Waals surface area contributed by atoms with E-state index in [1.165, 1.54) is 66.8 Å². The highest BCUT2D eigenvalue weighted by Gasteiger charge is 2.42. The normalized spacial score (nSPS) is 12.4. The number of fused-ring (bicyclic) bond motifs is 3. The molecule has 63 heavy (non-hydrogen) atoms. The van der Waals surface area contributed by atoms with Gasteiger partial charge in [-0.15, -0.1) is 0 Å². The van der Waals surface area contributed by atoms with Gasteiger partial charge in [-0.2, -0.15) is 0 Å². The smallest absolute Gasteiger partial charge is 0.164 e. The molecular formula is C60H43N3. The van der Waals surface area contributed by atoms with Gasteiger partial charge in [-0.3, -0.25) is 0 Å². The minimum Gasteiger partial charge on any atom is -0.208 e. The second kappa shape index (κ2) is 15.8. The highest BCUT2D eigenvalue weighted by atomic mass is 15.0. The van der Waals surface area contributed by atoms with Gasteiger partial charge in [0.05, 0.1) is 0 Å². The fourth-order valence-corrected chi connectivity index (χ4v) is 9.62. The zero-order valence-corrected chi connectivity index (χ0v) is 35.2. The van der Waals surface area contributed by atoms with Crippen molar-refractivity contribution in [1.29, 1.82) is 0 Å². The second-order valence-electron chi connectivity index (χ2n) is 16.7. The van der Waals surface area contributed by atoms with Crippen LogP contribution in [-0.2, 0) is 5.41 Å². The van der Waals surface area contributed by atoms with E-state index in [1.54, 1.807) is 0 Å². The number of nitrogens with zero attached hydrogens (tertiary/aromatic N) is 3. The molecule has 0 bridgehead atoms. The van der Waals surface area contributed by atoms with Gasteiger partial charge < -0.3 is 0 Å². The Hall–Kier alpha value is -8.01. The topological polar surface area (TPSA) is 38.7 Å². The van der Waals surface area contributed by atoms with Crippen molar-refractivity contribution in [3.63, 3.8) is 0 Å². The van der Waals surface area contributed by atoms with Crippen LogP contribution in [0.3, 0.4) is 0 Å². The molecule has 1 aliphatic rings. The molecule has 0 amide bonds. The van der Waals surface area contributed by atoms with Gasteiger partial charge >= 0.3 is 0 Å². The maximum atomic E-state index is 5.07. The molecule has 1 aromatic heterocycles. The van der Waals surface area contributed by atoms with Gasteiger partial charge in [-0.25, -0.2) is 15.0 Å². The number of rotatable bonds is 8. The third kappa shape index (κ3) is 6.75. The fraction of sp³-hybridized carbons (Fsp3) is 0.0500. The van der Waals surface area contributed by atoms with Gasteiger partial charge in [-0.1, -0.05) is 226 Å². The molecule has 0 atom stereocenters. The Bertz CT molecular complexity index is 3210. The van der Waals surface area contributed by atoms with Crippen molar-refractivity contribution in [3.8, 4) is 101 Å². The minimum atomic E-state index is -0.301. The first-order chi connectivity index (χ1) is 31.0.